The van der Waals surface area contributed by atoms with Crippen LogP contribution in [0.2, 0.25) is 0 Å². The van der Waals surface area contributed by atoms with Crippen molar-refractivity contribution in [1.82, 2.24) is 4.37 Å². The molecule has 2 aromatic rings. The predicted molar refractivity (Wildman–Crippen MR) is 75.6 cm³/mol. The number of amides is 1. The summed E-state index contributed by atoms with van der Waals surface area (Å²) in [6.07, 6.45) is -4.41. The first-order valence-corrected chi connectivity index (χ1v) is 7.24. The Labute approximate surface area is 131 Å². The van der Waals surface area contributed by atoms with Crippen LogP contribution < -0.4 is 5.32 Å². The lowest BCUT2D eigenvalue weighted by atomic mass is 9.89. The Kier molecular flexibility index (Phi) is 3.59. The molecule has 1 aliphatic rings. The molecule has 3 rings (SSSR count). The van der Waals surface area contributed by atoms with Crippen LogP contribution >= 0.6 is 11.5 Å². The van der Waals surface area contributed by atoms with Gasteiger partial charge in [-0.3, -0.25) is 4.79 Å². The molecule has 0 fully saturated rings. The Morgan fingerprint density at radius 2 is 1.96 bits per heavy atom. The number of nitrogens with one attached hydrogen (secondary N) is 1. The van der Waals surface area contributed by atoms with Gasteiger partial charge in [0.05, 0.1) is 16.1 Å². The Hall–Kier alpha value is -2.42. The van der Waals surface area contributed by atoms with Gasteiger partial charge in [0.2, 0.25) is 5.91 Å². The Bertz CT molecular complexity index is 784. The quantitative estimate of drug-likeness (QED) is 0.877. The van der Waals surface area contributed by atoms with Crippen molar-refractivity contribution in [3.8, 4) is 0 Å². The van der Waals surface area contributed by atoms with Gasteiger partial charge >= 0.3 is 12.1 Å². The number of carboxylic acids is 1. The second-order valence-corrected chi connectivity index (χ2v) is 5.81. The molecule has 0 unspecified atom stereocenters. The molecule has 9 heteroatoms. The minimum Gasteiger partial charge on any atom is -0.476 e. The number of hydrogen-bond acceptors (Lipinski definition) is 4. The molecule has 1 amide bonds. The first-order valence-electron chi connectivity index (χ1n) is 6.47. The van der Waals surface area contributed by atoms with Gasteiger partial charge in [0.1, 0.15) is 0 Å². The number of nitrogens with zero attached hydrogens (tertiary/aromatic N) is 1. The zero-order chi connectivity index (χ0) is 16.8. The number of carbonyl (C=O) groups is 2. The monoisotopic (exact) mass is 342 g/mol. The van der Waals surface area contributed by atoms with Crippen LogP contribution in [0.25, 0.3) is 0 Å². The summed E-state index contributed by atoms with van der Waals surface area (Å²) in [7, 11) is 0. The number of aromatic carboxylic acids is 1. The number of hydrogen-bond donors (Lipinski definition) is 2. The summed E-state index contributed by atoms with van der Waals surface area (Å²) in [5, 5.41) is 11.5. The van der Waals surface area contributed by atoms with Crippen LogP contribution in [0.4, 0.5) is 18.9 Å². The number of fused-ring (bicyclic) bond motifs is 1. The van der Waals surface area contributed by atoms with Crippen molar-refractivity contribution in [3.63, 3.8) is 0 Å². The molecule has 5 nitrogen and oxygen atoms in total. The lowest BCUT2D eigenvalue weighted by molar-refractivity contribution is -0.137. The molecule has 23 heavy (non-hydrogen) atoms. The van der Waals surface area contributed by atoms with Gasteiger partial charge in [-0.1, -0.05) is 12.1 Å². The van der Waals surface area contributed by atoms with E-state index in [1.165, 1.54) is 12.1 Å². The van der Waals surface area contributed by atoms with Crippen molar-refractivity contribution in [2.24, 2.45) is 0 Å². The van der Waals surface area contributed by atoms with Gasteiger partial charge in [-0.25, -0.2) is 4.79 Å². The first kappa shape index (κ1) is 15.5. The average molecular weight is 342 g/mol. The van der Waals surface area contributed by atoms with Crippen LogP contribution in [0, 0.1) is 0 Å². The zero-order valence-electron chi connectivity index (χ0n) is 11.3. The molecule has 0 radical (unpaired) electrons. The van der Waals surface area contributed by atoms with Crippen LogP contribution in [0.1, 0.15) is 38.8 Å². The molecule has 1 atom stereocenters. The fourth-order valence-electron chi connectivity index (χ4n) is 2.45. The van der Waals surface area contributed by atoms with Crippen molar-refractivity contribution in [2.45, 2.75) is 18.5 Å². The average Bonchev–Trinajstić information content (AvgIpc) is 2.89. The van der Waals surface area contributed by atoms with Gasteiger partial charge in [-0.2, -0.15) is 17.5 Å². The van der Waals surface area contributed by atoms with Crippen molar-refractivity contribution >= 4 is 29.1 Å². The van der Waals surface area contributed by atoms with E-state index in [9.17, 15) is 22.8 Å². The van der Waals surface area contributed by atoms with Crippen LogP contribution in [0.15, 0.2) is 24.3 Å². The minimum absolute atomic E-state index is 0.0274. The van der Waals surface area contributed by atoms with Crippen LogP contribution in [-0.4, -0.2) is 21.4 Å². The number of alkyl halides is 3. The second-order valence-electron chi connectivity index (χ2n) is 5.00. The highest BCUT2D eigenvalue weighted by atomic mass is 32.1. The van der Waals surface area contributed by atoms with Gasteiger partial charge in [-0.15, -0.1) is 0 Å². The van der Waals surface area contributed by atoms with Crippen molar-refractivity contribution in [3.05, 3.63) is 46.0 Å². The molecule has 0 aliphatic carbocycles. The van der Waals surface area contributed by atoms with E-state index in [0.29, 0.717) is 10.4 Å². The minimum atomic E-state index is -4.44. The first-order chi connectivity index (χ1) is 10.8. The Balaban J connectivity index is 2.01. The molecule has 2 heterocycles. The predicted octanol–water partition coefficient (Wildman–Crippen LogP) is 3.33. The summed E-state index contributed by atoms with van der Waals surface area (Å²) >= 11 is 0.927. The van der Waals surface area contributed by atoms with Gasteiger partial charge in [0, 0.05) is 12.3 Å². The maximum atomic E-state index is 12.6. The normalized spacial score (nSPS) is 17.5. The topological polar surface area (TPSA) is 79.3 Å². The molecular formula is C14H9F3N2O3S. The third-order valence-electron chi connectivity index (χ3n) is 3.53. The molecule has 120 valence electrons. The third kappa shape index (κ3) is 2.79. The number of benzene rings is 1. The largest absolute Gasteiger partial charge is 0.476 e. The highest BCUT2D eigenvalue weighted by Gasteiger charge is 2.34. The lowest BCUT2D eigenvalue weighted by Gasteiger charge is -2.22. The molecule has 1 aromatic heterocycles. The van der Waals surface area contributed by atoms with Gasteiger partial charge in [0.25, 0.3) is 0 Å². The molecule has 1 aliphatic heterocycles. The SMILES string of the molecule is O=C1C[C@H](c2ccc(C(F)(F)F)cc2)c2snc(C(=O)O)c2N1. The van der Waals surface area contributed by atoms with E-state index in [1.807, 2.05) is 0 Å². The molecular weight excluding hydrogens is 333 g/mol. The fraction of sp³-hybridized carbons (Fsp3) is 0.214. The van der Waals surface area contributed by atoms with E-state index in [0.717, 1.165) is 23.7 Å². The number of aromatic nitrogens is 1. The summed E-state index contributed by atoms with van der Waals surface area (Å²) in [6.45, 7) is 0. The highest BCUT2D eigenvalue weighted by Crippen LogP contribution is 2.42. The third-order valence-corrected chi connectivity index (χ3v) is 4.49. The van der Waals surface area contributed by atoms with E-state index in [4.69, 9.17) is 5.11 Å². The van der Waals surface area contributed by atoms with Crippen molar-refractivity contribution < 1.29 is 27.9 Å². The van der Waals surface area contributed by atoms with Crippen LogP contribution in [-0.2, 0) is 11.0 Å². The summed E-state index contributed by atoms with van der Waals surface area (Å²) < 4.78 is 41.7. The van der Waals surface area contributed by atoms with Crippen LogP contribution in [0.3, 0.4) is 0 Å². The lowest BCUT2D eigenvalue weighted by Crippen LogP contribution is -2.23. The number of carboxylic acid groups (broad SMARTS) is 1. The standard InChI is InChI=1S/C14H9F3N2O3S/c15-14(16,17)7-3-1-6(2-4-7)8-5-9(20)18-10-11(13(21)22)19-23-12(8)10/h1-4,8H,5H2,(H,18,20)(H,21,22)/t8-/m1/s1. The zero-order valence-corrected chi connectivity index (χ0v) is 12.2. The molecule has 0 spiro atoms. The molecule has 2 N–H and O–H groups in total. The summed E-state index contributed by atoms with van der Waals surface area (Å²) in [4.78, 5) is 23.4. The Morgan fingerprint density at radius 1 is 1.30 bits per heavy atom. The van der Waals surface area contributed by atoms with E-state index in [1.54, 1.807) is 0 Å². The van der Waals surface area contributed by atoms with E-state index < -0.39 is 29.5 Å². The van der Waals surface area contributed by atoms with Gasteiger partial charge in [-0.05, 0) is 29.2 Å². The maximum Gasteiger partial charge on any atom is 0.416 e. The molecule has 0 bridgehead atoms. The second kappa shape index (κ2) is 5.34. The maximum absolute atomic E-state index is 12.6. The van der Waals surface area contributed by atoms with E-state index >= 15 is 0 Å². The van der Waals surface area contributed by atoms with Crippen molar-refractivity contribution in [2.75, 3.05) is 5.32 Å². The number of halogens is 3. The van der Waals surface area contributed by atoms with Crippen LogP contribution in [0.5, 0.6) is 0 Å². The molecule has 0 saturated heterocycles. The fourth-order valence-corrected chi connectivity index (χ4v) is 3.39. The smallest absolute Gasteiger partial charge is 0.416 e. The number of rotatable bonds is 2. The number of carbonyl (C=O) groups excluding carboxylic acids is 1. The van der Waals surface area contributed by atoms with E-state index in [-0.39, 0.29) is 17.8 Å². The molecule has 1 aromatic carbocycles. The summed E-state index contributed by atoms with van der Waals surface area (Å²) in [6, 6.07) is 4.49. The van der Waals surface area contributed by atoms with Crippen molar-refractivity contribution in [1.29, 1.82) is 0 Å². The summed E-state index contributed by atoms with van der Waals surface area (Å²) in [5.41, 5.74) is -0.398. The molecule has 0 saturated carbocycles. The number of anilines is 1. The Morgan fingerprint density at radius 3 is 2.52 bits per heavy atom. The van der Waals surface area contributed by atoms with Gasteiger partial charge in [0.15, 0.2) is 5.69 Å². The summed E-state index contributed by atoms with van der Waals surface area (Å²) in [5.74, 6) is -2.17. The van der Waals surface area contributed by atoms with Gasteiger partial charge < -0.3 is 10.4 Å². The van der Waals surface area contributed by atoms with E-state index in [2.05, 4.69) is 9.69 Å². The highest BCUT2D eigenvalue weighted by molar-refractivity contribution is 7.06.